The third-order valence-electron chi connectivity index (χ3n) is 3.73. The van der Waals surface area contributed by atoms with Crippen LogP contribution in [0.2, 0.25) is 0 Å². The summed E-state index contributed by atoms with van der Waals surface area (Å²) in [7, 11) is 4.05. The molecule has 130 valence electrons. The van der Waals surface area contributed by atoms with E-state index in [2.05, 4.69) is 15.1 Å². The second-order valence-corrected chi connectivity index (χ2v) is 7.12. The molecule has 0 aliphatic heterocycles. The van der Waals surface area contributed by atoms with E-state index in [4.69, 9.17) is 0 Å². The molecule has 1 aromatic heterocycles. The molecule has 3 rings (SSSR count). The lowest BCUT2D eigenvalue weighted by atomic mass is 10.2. The summed E-state index contributed by atoms with van der Waals surface area (Å²) in [5.41, 5.74) is 1.31. The van der Waals surface area contributed by atoms with Gasteiger partial charge in [-0.1, -0.05) is 11.5 Å². The lowest BCUT2D eigenvalue weighted by molar-refractivity contribution is 0.389. The Bertz CT molecular complexity index is 942. The maximum absolute atomic E-state index is 12.5. The number of hydrogen-bond acceptors (Lipinski definition) is 6. The average Bonchev–Trinajstić information content (AvgIpc) is 2.90. The van der Waals surface area contributed by atoms with Crippen molar-refractivity contribution < 1.29 is 5.11 Å². The Balaban J connectivity index is 1.80. The maximum Gasteiger partial charge on any atom is 0.268 e. The van der Waals surface area contributed by atoms with E-state index in [1.165, 1.54) is 11.5 Å². The Hall–Kier alpha value is -2.51. The fourth-order valence-electron chi connectivity index (χ4n) is 2.43. The van der Waals surface area contributed by atoms with Crippen LogP contribution in [0.5, 0.6) is 5.75 Å². The summed E-state index contributed by atoms with van der Waals surface area (Å²) in [6, 6.07) is 12.0. The Kier molecular flexibility index (Phi) is 5.25. The van der Waals surface area contributed by atoms with Gasteiger partial charge in [0.1, 0.15) is 5.75 Å². The molecule has 0 atom stereocenters. The molecule has 3 aromatic rings. The van der Waals surface area contributed by atoms with E-state index < -0.39 is 0 Å². The van der Waals surface area contributed by atoms with Crippen molar-refractivity contribution in [2.45, 2.75) is 13.0 Å². The summed E-state index contributed by atoms with van der Waals surface area (Å²) in [6.07, 6.45) is 0.938. The van der Waals surface area contributed by atoms with Crippen molar-refractivity contribution in [3.05, 3.63) is 52.8 Å². The molecule has 25 heavy (non-hydrogen) atoms. The number of aryl methyl sites for hydroxylation is 1. The van der Waals surface area contributed by atoms with Crippen molar-refractivity contribution in [2.75, 3.05) is 20.6 Å². The first-order chi connectivity index (χ1) is 12.0. The molecule has 1 N–H and O–H groups in total. The van der Waals surface area contributed by atoms with Gasteiger partial charge in [-0.15, -0.1) is 0 Å². The number of fused-ring (bicyclic) bond motifs is 1. The van der Waals surface area contributed by atoms with Gasteiger partial charge in [0.2, 0.25) is 0 Å². The SMILES string of the molecule is CN(C)CCCn1sc2ccc(N=Nc3ccc(O)cc3)cc2c1=O. The number of hydrogen-bond donors (Lipinski definition) is 1. The zero-order chi connectivity index (χ0) is 17.8. The van der Waals surface area contributed by atoms with Gasteiger partial charge in [0.05, 0.1) is 21.5 Å². The molecule has 0 aliphatic carbocycles. The summed E-state index contributed by atoms with van der Waals surface area (Å²) in [4.78, 5) is 14.6. The van der Waals surface area contributed by atoms with Gasteiger partial charge in [0.25, 0.3) is 5.56 Å². The van der Waals surface area contributed by atoms with Crippen LogP contribution in [0.3, 0.4) is 0 Å². The smallest absolute Gasteiger partial charge is 0.268 e. The summed E-state index contributed by atoms with van der Waals surface area (Å²) in [5, 5.41) is 18.3. The summed E-state index contributed by atoms with van der Waals surface area (Å²) in [5.74, 6) is 0.188. The molecule has 0 aliphatic rings. The first kappa shape index (κ1) is 17.3. The summed E-state index contributed by atoms with van der Waals surface area (Å²) >= 11 is 1.49. The molecule has 2 aromatic carbocycles. The third-order valence-corrected chi connectivity index (χ3v) is 4.85. The fraction of sp³-hybridized carbons (Fsp3) is 0.278. The number of rotatable bonds is 6. The highest BCUT2D eigenvalue weighted by Crippen LogP contribution is 2.25. The minimum absolute atomic E-state index is 0.0282. The molecule has 1 heterocycles. The molecule has 0 bridgehead atoms. The normalized spacial score (nSPS) is 11.8. The monoisotopic (exact) mass is 356 g/mol. The van der Waals surface area contributed by atoms with Crippen LogP contribution in [-0.4, -0.2) is 34.6 Å². The molecule has 0 unspecified atom stereocenters. The Morgan fingerprint density at radius 1 is 1.08 bits per heavy atom. The molecule has 0 fully saturated rings. The van der Waals surface area contributed by atoms with Crippen LogP contribution in [0.4, 0.5) is 11.4 Å². The van der Waals surface area contributed by atoms with Gasteiger partial charge in [0, 0.05) is 6.54 Å². The molecule has 0 spiro atoms. The number of phenolic OH excluding ortho intramolecular Hbond substituents is 1. The van der Waals surface area contributed by atoms with Gasteiger partial charge in [-0.3, -0.25) is 8.75 Å². The van der Waals surface area contributed by atoms with Gasteiger partial charge in [-0.25, -0.2) is 0 Å². The highest BCUT2D eigenvalue weighted by Gasteiger charge is 2.08. The van der Waals surface area contributed by atoms with Crippen molar-refractivity contribution >= 4 is 33.0 Å². The number of phenols is 1. The van der Waals surface area contributed by atoms with Crippen LogP contribution < -0.4 is 5.56 Å². The summed E-state index contributed by atoms with van der Waals surface area (Å²) < 4.78 is 2.76. The summed E-state index contributed by atoms with van der Waals surface area (Å²) in [6.45, 7) is 1.67. The lowest BCUT2D eigenvalue weighted by Crippen LogP contribution is -2.18. The third kappa shape index (κ3) is 4.32. The lowest BCUT2D eigenvalue weighted by Gasteiger charge is -2.08. The number of azo groups is 1. The van der Waals surface area contributed by atoms with E-state index in [0.29, 0.717) is 16.8 Å². The second kappa shape index (κ2) is 7.58. The van der Waals surface area contributed by atoms with Crippen LogP contribution in [0.25, 0.3) is 10.1 Å². The van der Waals surface area contributed by atoms with Gasteiger partial charge < -0.3 is 10.0 Å². The fourth-order valence-corrected chi connectivity index (χ4v) is 3.45. The van der Waals surface area contributed by atoms with Crippen LogP contribution in [-0.2, 0) is 6.54 Å². The predicted octanol–water partition coefficient (Wildman–Crippen LogP) is 4.14. The van der Waals surface area contributed by atoms with E-state index in [1.54, 1.807) is 34.3 Å². The molecule has 6 nitrogen and oxygen atoms in total. The van der Waals surface area contributed by atoms with Gasteiger partial charge in [-0.2, -0.15) is 10.2 Å². The topological polar surface area (TPSA) is 70.2 Å². The standard InChI is InChI=1S/C18H20N4O2S/c1-21(2)10-3-11-22-18(24)16-12-14(6-9-17(16)25-22)20-19-13-4-7-15(23)8-5-13/h4-9,12,23H,3,10-11H2,1-2H3. The first-order valence-corrected chi connectivity index (χ1v) is 8.79. The van der Waals surface area contributed by atoms with E-state index >= 15 is 0 Å². The van der Waals surface area contributed by atoms with Crippen LogP contribution in [0.15, 0.2) is 57.5 Å². The maximum atomic E-state index is 12.5. The van der Waals surface area contributed by atoms with Crippen molar-refractivity contribution in [1.82, 2.24) is 8.86 Å². The molecule has 0 saturated heterocycles. The number of aromatic nitrogens is 1. The number of nitrogens with zero attached hydrogens (tertiary/aromatic N) is 4. The zero-order valence-corrected chi connectivity index (χ0v) is 15.0. The highest BCUT2D eigenvalue weighted by atomic mass is 32.1. The van der Waals surface area contributed by atoms with Crippen LogP contribution in [0.1, 0.15) is 6.42 Å². The minimum Gasteiger partial charge on any atom is -0.508 e. The average molecular weight is 356 g/mol. The van der Waals surface area contributed by atoms with Gasteiger partial charge >= 0.3 is 0 Å². The molecule has 0 radical (unpaired) electrons. The number of aromatic hydroxyl groups is 1. The molecule has 0 saturated carbocycles. The van der Waals surface area contributed by atoms with Crippen molar-refractivity contribution in [1.29, 1.82) is 0 Å². The van der Waals surface area contributed by atoms with E-state index in [1.807, 2.05) is 26.2 Å². The highest BCUT2D eigenvalue weighted by molar-refractivity contribution is 7.13. The predicted molar refractivity (Wildman–Crippen MR) is 102 cm³/mol. The largest absolute Gasteiger partial charge is 0.508 e. The van der Waals surface area contributed by atoms with E-state index in [0.717, 1.165) is 24.2 Å². The van der Waals surface area contributed by atoms with E-state index in [9.17, 15) is 9.90 Å². The minimum atomic E-state index is 0.0282. The Labute approximate surface area is 149 Å². The van der Waals surface area contributed by atoms with Gasteiger partial charge in [0.15, 0.2) is 0 Å². The molecular weight excluding hydrogens is 336 g/mol. The molecular formula is C18H20N4O2S. The van der Waals surface area contributed by atoms with E-state index in [-0.39, 0.29) is 11.3 Å². The van der Waals surface area contributed by atoms with Crippen LogP contribution in [0, 0.1) is 0 Å². The molecule has 7 heteroatoms. The zero-order valence-electron chi connectivity index (χ0n) is 14.2. The Morgan fingerprint density at radius 2 is 1.76 bits per heavy atom. The quantitative estimate of drug-likeness (QED) is 0.675. The van der Waals surface area contributed by atoms with Crippen molar-refractivity contribution in [2.24, 2.45) is 10.2 Å². The molecule has 0 amide bonds. The van der Waals surface area contributed by atoms with Crippen molar-refractivity contribution in [3.63, 3.8) is 0 Å². The second-order valence-electron chi connectivity index (χ2n) is 6.05. The first-order valence-electron chi connectivity index (χ1n) is 8.02. The van der Waals surface area contributed by atoms with Crippen molar-refractivity contribution in [3.8, 4) is 5.75 Å². The van der Waals surface area contributed by atoms with Gasteiger partial charge in [-0.05, 0) is 69.5 Å². The Morgan fingerprint density at radius 3 is 2.48 bits per heavy atom. The number of benzene rings is 2. The van der Waals surface area contributed by atoms with Crippen LogP contribution >= 0.6 is 11.5 Å².